The summed E-state index contributed by atoms with van der Waals surface area (Å²) in [5.41, 5.74) is 0.909. The molecule has 2 N–H and O–H groups in total. The molecule has 0 aliphatic rings. The molecule has 0 bridgehead atoms. The number of hydrogen-bond acceptors (Lipinski definition) is 3. The van der Waals surface area contributed by atoms with E-state index in [1.54, 1.807) is 6.92 Å². The van der Waals surface area contributed by atoms with Crippen LogP contribution in [0.5, 0.6) is 0 Å². The fourth-order valence-corrected chi connectivity index (χ4v) is 1.29. The van der Waals surface area contributed by atoms with Crippen LogP contribution < -0.4 is 5.32 Å². The highest BCUT2D eigenvalue weighted by Crippen LogP contribution is 2.02. The lowest BCUT2D eigenvalue weighted by molar-refractivity contribution is -0.141. The van der Waals surface area contributed by atoms with Gasteiger partial charge in [0.1, 0.15) is 6.61 Å². The molecule has 98 valence electrons. The third-order valence-corrected chi connectivity index (χ3v) is 2.48. The number of carboxylic acid groups (broad SMARTS) is 1. The summed E-state index contributed by atoms with van der Waals surface area (Å²) in [6.45, 7) is 2.10. The van der Waals surface area contributed by atoms with Crippen LogP contribution in [0.3, 0.4) is 0 Å². The molecule has 5 heteroatoms. The van der Waals surface area contributed by atoms with Crippen molar-refractivity contribution in [3.05, 3.63) is 35.9 Å². The summed E-state index contributed by atoms with van der Waals surface area (Å²) in [7, 11) is 0. The van der Waals surface area contributed by atoms with Gasteiger partial charge in [-0.2, -0.15) is 0 Å². The van der Waals surface area contributed by atoms with E-state index in [0.29, 0.717) is 13.0 Å². The molecule has 0 radical (unpaired) electrons. The average molecular weight is 251 g/mol. The largest absolute Gasteiger partial charge is 0.481 e. The number of benzene rings is 1. The molecule has 0 saturated carbocycles. The van der Waals surface area contributed by atoms with Crippen LogP contribution in [0.25, 0.3) is 0 Å². The standard InChI is InChI=1S/C13H17NO4/c1-10(12(15)16)7-8-14-13(17)18-9-11-5-3-2-4-6-11/h2-6,10H,7-9H2,1H3,(H,14,17)(H,15,16)/t10-/m0/s1. The minimum atomic E-state index is -0.866. The van der Waals surface area contributed by atoms with E-state index in [4.69, 9.17) is 9.84 Å². The van der Waals surface area contributed by atoms with Crippen molar-refractivity contribution >= 4 is 12.1 Å². The summed E-state index contributed by atoms with van der Waals surface area (Å²) in [6, 6.07) is 9.34. The Bertz CT molecular complexity index is 391. The van der Waals surface area contributed by atoms with Crippen LogP contribution in [0, 0.1) is 5.92 Å². The molecule has 1 atom stereocenters. The first-order valence-electron chi connectivity index (χ1n) is 5.77. The van der Waals surface area contributed by atoms with Gasteiger partial charge in [0, 0.05) is 6.54 Å². The highest BCUT2D eigenvalue weighted by atomic mass is 16.5. The molecule has 1 rings (SSSR count). The van der Waals surface area contributed by atoms with E-state index in [-0.39, 0.29) is 6.61 Å². The van der Waals surface area contributed by atoms with Crippen molar-refractivity contribution < 1.29 is 19.4 Å². The van der Waals surface area contributed by atoms with E-state index in [9.17, 15) is 9.59 Å². The minimum absolute atomic E-state index is 0.209. The summed E-state index contributed by atoms with van der Waals surface area (Å²) in [6.07, 6.45) is -0.146. The zero-order valence-corrected chi connectivity index (χ0v) is 10.3. The fourth-order valence-electron chi connectivity index (χ4n) is 1.29. The van der Waals surface area contributed by atoms with Crippen molar-refractivity contribution in [2.24, 2.45) is 5.92 Å². The number of alkyl carbamates (subject to hydrolysis) is 1. The maximum absolute atomic E-state index is 11.3. The molecular weight excluding hydrogens is 234 g/mol. The SMILES string of the molecule is C[C@@H](CCNC(=O)OCc1ccccc1)C(=O)O. The van der Waals surface area contributed by atoms with Crippen LogP contribution in [0.2, 0.25) is 0 Å². The Kier molecular flexibility index (Phi) is 5.70. The first kappa shape index (κ1) is 14.0. The Hall–Kier alpha value is -2.04. The average Bonchev–Trinajstić information content (AvgIpc) is 2.37. The molecule has 0 spiro atoms. The van der Waals surface area contributed by atoms with Gasteiger partial charge in [-0.05, 0) is 12.0 Å². The van der Waals surface area contributed by atoms with Crippen molar-refractivity contribution in [3.63, 3.8) is 0 Å². The number of rotatable bonds is 6. The summed E-state index contributed by atoms with van der Waals surface area (Å²) < 4.78 is 4.97. The van der Waals surface area contributed by atoms with Crippen LogP contribution in [0.1, 0.15) is 18.9 Å². The number of nitrogens with one attached hydrogen (secondary N) is 1. The number of carbonyl (C=O) groups excluding carboxylic acids is 1. The molecule has 1 aromatic carbocycles. The second kappa shape index (κ2) is 7.32. The van der Waals surface area contributed by atoms with Crippen LogP contribution in [-0.4, -0.2) is 23.7 Å². The molecule has 0 aliphatic carbocycles. The summed E-state index contributed by atoms with van der Waals surface area (Å²) in [4.78, 5) is 21.8. The van der Waals surface area contributed by atoms with Crippen LogP contribution in [0.15, 0.2) is 30.3 Å². The smallest absolute Gasteiger partial charge is 0.407 e. The molecule has 0 fully saturated rings. The monoisotopic (exact) mass is 251 g/mol. The lowest BCUT2D eigenvalue weighted by atomic mass is 10.1. The quantitative estimate of drug-likeness (QED) is 0.811. The topological polar surface area (TPSA) is 75.6 Å². The number of ether oxygens (including phenoxy) is 1. The van der Waals surface area contributed by atoms with Gasteiger partial charge >= 0.3 is 12.1 Å². The number of carbonyl (C=O) groups is 2. The summed E-state index contributed by atoms with van der Waals surface area (Å²) in [5, 5.41) is 11.2. The molecule has 0 aliphatic heterocycles. The van der Waals surface area contributed by atoms with Crippen molar-refractivity contribution in [1.82, 2.24) is 5.32 Å². The zero-order valence-electron chi connectivity index (χ0n) is 10.3. The summed E-state index contributed by atoms with van der Waals surface area (Å²) >= 11 is 0. The predicted molar refractivity (Wildman–Crippen MR) is 66.0 cm³/mol. The molecule has 0 saturated heterocycles. The predicted octanol–water partition coefficient (Wildman–Crippen LogP) is 2.02. The molecular formula is C13H17NO4. The Balaban J connectivity index is 2.17. The first-order valence-corrected chi connectivity index (χ1v) is 5.77. The van der Waals surface area contributed by atoms with Crippen molar-refractivity contribution in [2.75, 3.05) is 6.54 Å². The number of carboxylic acids is 1. The van der Waals surface area contributed by atoms with E-state index in [1.165, 1.54) is 0 Å². The lowest BCUT2D eigenvalue weighted by Gasteiger charge is -2.08. The Morgan fingerprint density at radius 1 is 1.33 bits per heavy atom. The van der Waals surface area contributed by atoms with Gasteiger partial charge in [0.2, 0.25) is 0 Å². The lowest BCUT2D eigenvalue weighted by Crippen LogP contribution is -2.27. The number of aliphatic carboxylic acids is 1. The van der Waals surface area contributed by atoms with E-state index in [2.05, 4.69) is 5.32 Å². The van der Waals surface area contributed by atoms with Gasteiger partial charge in [0.05, 0.1) is 5.92 Å². The van der Waals surface area contributed by atoms with Crippen molar-refractivity contribution in [2.45, 2.75) is 20.0 Å². The third-order valence-electron chi connectivity index (χ3n) is 2.48. The highest BCUT2D eigenvalue weighted by Gasteiger charge is 2.11. The summed E-state index contributed by atoms with van der Waals surface area (Å²) in [5.74, 6) is -1.34. The van der Waals surface area contributed by atoms with Gasteiger partial charge in [0.25, 0.3) is 0 Å². The Morgan fingerprint density at radius 2 is 2.00 bits per heavy atom. The minimum Gasteiger partial charge on any atom is -0.481 e. The Labute approximate surface area is 106 Å². The first-order chi connectivity index (χ1) is 8.59. The van der Waals surface area contributed by atoms with Crippen LogP contribution in [0.4, 0.5) is 4.79 Å². The van der Waals surface area contributed by atoms with E-state index >= 15 is 0 Å². The highest BCUT2D eigenvalue weighted by molar-refractivity contribution is 5.70. The molecule has 18 heavy (non-hydrogen) atoms. The molecule has 0 aromatic heterocycles. The molecule has 0 heterocycles. The Morgan fingerprint density at radius 3 is 2.61 bits per heavy atom. The van der Waals surface area contributed by atoms with Crippen molar-refractivity contribution in [1.29, 1.82) is 0 Å². The van der Waals surface area contributed by atoms with Gasteiger partial charge in [0.15, 0.2) is 0 Å². The number of amides is 1. The molecule has 0 unspecified atom stereocenters. The zero-order chi connectivity index (χ0) is 13.4. The number of hydrogen-bond donors (Lipinski definition) is 2. The third kappa shape index (κ3) is 5.34. The molecule has 5 nitrogen and oxygen atoms in total. The normalized spacial score (nSPS) is 11.6. The van der Waals surface area contributed by atoms with E-state index < -0.39 is 18.0 Å². The second-order valence-electron chi connectivity index (χ2n) is 4.02. The van der Waals surface area contributed by atoms with Crippen LogP contribution in [-0.2, 0) is 16.1 Å². The van der Waals surface area contributed by atoms with Gasteiger partial charge in [-0.3, -0.25) is 4.79 Å². The second-order valence-corrected chi connectivity index (χ2v) is 4.02. The van der Waals surface area contributed by atoms with Gasteiger partial charge in [-0.25, -0.2) is 4.79 Å². The van der Waals surface area contributed by atoms with E-state index in [0.717, 1.165) is 5.56 Å². The van der Waals surface area contributed by atoms with Gasteiger partial charge < -0.3 is 15.2 Å². The van der Waals surface area contributed by atoms with Gasteiger partial charge in [-0.1, -0.05) is 37.3 Å². The maximum atomic E-state index is 11.3. The molecule has 1 amide bonds. The molecule has 1 aromatic rings. The maximum Gasteiger partial charge on any atom is 0.407 e. The van der Waals surface area contributed by atoms with E-state index in [1.807, 2.05) is 30.3 Å². The van der Waals surface area contributed by atoms with Crippen LogP contribution >= 0.6 is 0 Å². The fraction of sp³-hybridized carbons (Fsp3) is 0.385. The van der Waals surface area contributed by atoms with Crippen molar-refractivity contribution in [3.8, 4) is 0 Å². The van der Waals surface area contributed by atoms with Gasteiger partial charge in [-0.15, -0.1) is 0 Å².